The van der Waals surface area contributed by atoms with E-state index in [0.29, 0.717) is 17.3 Å². The Morgan fingerprint density at radius 3 is 2.90 bits per heavy atom. The summed E-state index contributed by atoms with van der Waals surface area (Å²) in [6.45, 7) is 0.987. The van der Waals surface area contributed by atoms with Crippen molar-refractivity contribution in [1.82, 2.24) is 9.97 Å². The lowest BCUT2D eigenvalue weighted by molar-refractivity contribution is 0.209. The molecule has 0 bridgehead atoms. The minimum Gasteiger partial charge on any atom is -0.389 e. The summed E-state index contributed by atoms with van der Waals surface area (Å²) in [5.74, 6) is -0.779. The average molecular weight is 409 g/mol. The normalized spacial score (nSPS) is 14.6. The van der Waals surface area contributed by atoms with E-state index in [1.165, 1.54) is 5.56 Å². The predicted molar refractivity (Wildman–Crippen MR) is 115 cm³/mol. The molecule has 30 heavy (non-hydrogen) atoms. The fourth-order valence-electron chi connectivity index (χ4n) is 3.72. The third-order valence-electron chi connectivity index (χ3n) is 5.39. The van der Waals surface area contributed by atoms with Gasteiger partial charge in [0, 0.05) is 29.9 Å². The van der Waals surface area contributed by atoms with E-state index in [9.17, 15) is 13.9 Å². The quantitative estimate of drug-likeness (QED) is 0.536. The number of aromatic nitrogens is 2. The van der Waals surface area contributed by atoms with Crippen LogP contribution in [0.3, 0.4) is 0 Å². The standard InChI is InChI=1S/C24H25F2N3O/c25-21-13-18-12-16(15-28-23(18)14-22(21)26)7-10-20(30)6-2-1-5-19-9-8-17-4-3-11-27-24(17)29-19/h7-10,12-15,20,30H,1-6,11H2,(H,27,29). The van der Waals surface area contributed by atoms with Gasteiger partial charge in [-0.05, 0) is 61.4 Å². The van der Waals surface area contributed by atoms with Gasteiger partial charge >= 0.3 is 0 Å². The molecular formula is C24H25F2N3O. The molecule has 0 fully saturated rings. The molecule has 4 nitrogen and oxygen atoms in total. The molecule has 0 saturated carbocycles. The van der Waals surface area contributed by atoms with Gasteiger partial charge in [0.1, 0.15) is 5.82 Å². The number of anilines is 1. The molecular weight excluding hydrogens is 384 g/mol. The molecule has 3 aromatic rings. The van der Waals surface area contributed by atoms with Crippen LogP contribution in [0, 0.1) is 11.6 Å². The van der Waals surface area contributed by atoms with Gasteiger partial charge in [-0.1, -0.05) is 24.6 Å². The second-order valence-corrected chi connectivity index (χ2v) is 7.74. The lowest BCUT2D eigenvalue weighted by Crippen LogP contribution is -2.14. The number of hydrogen-bond acceptors (Lipinski definition) is 4. The summed E-state index contributed by atoms with van der Waals surface area (Å²) in [4.78, 5) is 8.85. The molecule has 1 aliphatic rings. The first kappa shape index (κ1) is 20.4. The Balaban J connectivity index is 1.26. The molecule has 3 heterocycles. The van der Waals surface area contributed by atoms with Crippen LogP contribution in [0.4, 0.5) is 14.6 Å². The molecule has 0 saturated heterocycles. The number of halogens is 2. The molecule has 4 rings (SSSR count). The summed E-state index contributed by atoms with van der Waals surface area (Å²) >= 11 is 0. The van der Waals surface area contributed by atoms with E-state index >= 15 is 0 Å². The fraction of sp³-hybridized carbons (Fsp3) is 0.333. The van der Waals surface area contributed by atoms with Gasteiger partial charge in [0.05, 0.1) is 11.6 Å². The van der Waals surface area contributed by atoms with Gasteiger partial charge in [-0.2, -0.15) is 0 Å². The van der Waals surface area contributed by atoms with Crippen LogP contribution in [-0.2, 0) is 12.8 Å². The number of unbranched alkanes of at least 4 members (excludes halogenated alkanes) is 1. The van der Waals surface area contributed by atoms with Gasteiger partial charge < -0.3 is 10.4 Å². The van der Waals surface area contributed by atoms with Crippen molar-refractivity contribution in [3.8, 4) is 0 Å². The number of benzene rings is 1. The van der Waals surface area contributed by atoms with E-state index in [1.54, 1.807) is 24.4 Å². The van der Waals surface area contributed by atoms with Crippen molar-refractivity contribution >= 4 is 22.8 Å². The van der Waals surface area contributed by atoms with E-state index < -0.39 is 17.7 Å². The van der Waals surface area contributed by atoms with E-state index in [1.807, 2.05) is 0 Å². The molecule has 2 N–H and O–H groups in total. The molecule has 1 unspecified atom stereocenters. The maximum Gasteiger partial charge on any atom is 0.161 e. The number of pyridine rings is 2. The molecule has 1 atom stereocenters. The van der Waals surface area contributed by atoms with Crippen molar-refractivity contribution in [1.29, 1.82) is 0 Å². The Hall–Kier alpha value is -2.86. The summed E-state index contributed by atoms with van der Waals surface area (Å²) in [5, 5.41) is 14.1. The average Bonchev–Trinajstić information content (AvgIpc) is 2.76. The summed E-state index contributed by atoms with van der Waals surface area (Å²) in [6.07, 6.45) is 10.1. The molecule has 0 radical (unpaired) electrons. The number of nitrogens with zero attached hydrogens (tertiary/aromatic N) is 2. The minimum absolute atomic E-state index is 0.401. The monoisotopic (exact) mass is 409 g/mol. The lowest BCUT2D eigenvalue weighted by atomic mass is 10.0. The van der Waals surface area contributed by atoms with Crippen molar-refractivity contribution in [2.45, 2.75) is 44.6 Å². The zero-order valence-electron chi connectivity index (χ0n) is 16.7. The van der Waals surface area contributed by atoms with Gasteiger partial charge in [0.2, 0.25) is 0 Å². The second-order valence-electron chi connectivity index (χ2n) is 7.74. The van der Waals surface area contributed by atoms with E-state index in [-0.39, 0.29) is 0 Å². The Morgan fingerprint density at radius 2 is 2.00 bits per heavy atom. The van der Waals surface area contributed by atoms with E-state index in [0.717, 1.165) is 67.9 Å². The number of hydrogen-bond donors (Lipinski definition) is 2. The molecule has 1 aliphatic heterocycles. The van der Waals surface area contributed by atoms with Crippen LogP contribution in [0.1, 0.15) is 42.5 Å². The molecule has 0 amide bonds. The zero-order chi connectivity index (χ0) is 20.9. The van der Waals surface area contributed by atoms with Gasteiger partial charge in [0.25, 0.3) is 0 Å². The summed E-state index contributed by atoms with van der Waals surface area (Å²) in [7, 11) is 0. The Kier molecular flexibility index (Phi) is 6.33. The molecule has 0 spiro atoms. The highest BCUT2D eigenvalue weighted by molar-refractivity contribution is 5.80. The van der Waals surface area contributed by atoms with Gasteiger partial charge in [-0.3, -0.25) is 4.98 Å². The number of fused-ring (bicyclic) bond motifs is 2. The van der Waals surface area contributed by atoms with Crippen LogP contribution < -0.4 is 5.32 Å². The first-order chi connectivity index (χ1) is 14.6. The molecule has 2 aromatic heterocycles. The SMILES string of the molecule is OC(C=Cc1cnc2cc(F)c(F)cc2c1)CCCCc1ccc2c(n1)NCCC2. The first-order valence-electron chi connectivity index (χ1n) is 10.4. The zero-order valence-corrected chi connectivity index (χ0v) is 16.7. The van der Waals surface area contributed by atoms with Crippen molar-refractivity contribution < 1.29 is 13.9 Å². The molecule has 0 aliphatic carbocycles. The minimum atomic E-state index is -0.907. The van der Waals surface area contributed by atoms with E-state index in [4.69, 9.17) is 4.98 Å². The largest absolute Gasteiger partial charge is 0.389 e. The third-order valence-corrected chi connectivity index (χ3v) is 5.39. The number of rotatable bonds is 7. The number of nitrogens with one attached hydrogen (secondary N) is 1. The van der Waals surface area contributed by atoms with Gasteiger partial charge in [-0.25, -0.2) is 13.8 Å². The van der Waals surface area contributed by atoms with Crippen molar-refractivity contribution in [3.63, 3.8) is 0 Å². The number of aliphatic hydroxyl groups is 1. The van der Waals surface area contributed by atoms with Crippen LogP contribution in [-0.4, -0.2) is 27.7 Å². The van der Waals surface area contributed by atoms with Crippen LogP contribution in [0.2, 0.25) is 0 Å². The first-order valence-corrected chi connectivity index (χ1v) is 10.4. The highest BCUT2D eigenvalue weighted by Gasteiger charge is 2.10. The van der Waals surface area contributed by atoms with Crippen LogP contribution in [0.5, 0.6) is 0 Å². The van der Waals surface area contributed by atoms with Gasteiger partial charge in [-0.15, -0.1) is 0 Å². The summed E-state index contributed by atoms with van der Waals surface area (Å²) in [6, 6.07) is 8.21. The summed E-state index contributed by atoms with van der Waals surface area (Å²) < 4.78 is 26.7. The number of aliphatic hydroxyl groups excluding tert-OH is 1. The number of aryl methyl sites for hydroxylation is 2. The highest BCUT2D eigenvalue weighted by Crippen LogP contribution is 2.21. The van der Waals surface area contributed by atoms with Crippen molar-refractivity contribution in [2.75, 3.05) is 11.9 Å². The van der Waals surface area contributed by atoms with Crippen molar-refractivity contribution in [3.05, 3.63) is 71.1 Å². The third kappa shape index (κ3) is 5.00. The Bertz CT molecular complexity index is 1070. The Labute approximate surface area is 174 Å². The molecule has 156 valence electrons. The van der Waals surface area contributed by atoms with Crippen LogP contribution in [0.25, 0.3) is 17.0 Å². The summed E-state index contributed by atoms with van der Waals surface area (Å²) in [5.41, 5.74) is 3.51. The fourth-order valence-corrected chi connectivity index (χ4v) is 3.72. The second kappa shape index (κ2) is 9.30. The Morgan fingerprint density at radius 1 is 1.13 bits per heavy atom. The van der Waals surface area contributed by atoms with Crippen LogP contribution >= 0.6 is 0 Å². The van der Waals surface area contributed by atoms with Gasteiger partial charge in [0.15, 0.2) is 11.6 Å². The highest BCUT2D eigenvalue weighted by atomic mass is 19.2. The topological polar surface area (TPSA) is 58.0 Å². The van der Waals surface area contributed by atoms with E-state index in [2.05, 4.69) is 22.4 Å². The van der Waals surface area contributed by atoms with Crippen LogP contribution in [0.15, 0.2) is 42.6 Å². The smallest absolute Gasteiger partial charge is 0.161 e. The maximum atomic E-state index is 13.4. The molecule has 1 aromatic carbocycles. The van der Waals surface area contributed by atoms with Crippen molar-refractivity contribution in [2.24, 2.45) is 0 Å². The maximum absolute atomic E-state index is 13.4. The predicted octanol–water partition coefficient (Wildman–Crippen LogP) is 5.05. The molecule has 6 heteroatoms. The lowest BCUT2D eigenvalue weighted by Gasteiger charge is -2.17.